The average molecular weight is 626 g/mol. The molecular weight excluding hydrogens is 584 g/mol. The van der Waals surface area contributed by atoms with Crippen LogP contribution in [0.15, 0.2) is 42.5 Å². The highest BCUT2D eigenvalue weighted by Crippen LogP contribution is 2.48. The number of benzene rings is 3. The van der Waals surface area contributed by atoms with E-state index in [1.807, 2.05) is 24.3 Å². The van der Waals surface area contributed by atoms with Crippen molar-refractivity contribution in [2.45, 2.75) is 87.5 Å². The zero-order valence-corrected chi connectivity index (χ0v) is 26.6. The van der Waals surface area contributed by atoms with Gasteiger partial charge in [0.15, 0.2) is 5.82 Å². The topological polar surface area (TPSA) is 73.8 Å². The minimum Gasteiger partial charge on any atom is -0.508 e. The first-order valence-corrected chi connectivity index (χ1v) is 16.9. The molecule has 4 atom stereocenters. The van der Waals surface area contributed by atoms with Crippen LogP contribution in [0.4, 0.5) is 14.6 Å². The van der Waals surface area contributed by atoms with Gasteiger partial charge in [0, 0.05) is 48.1 Å². The lowest BCUT2D eigenvalue weighted by atomic mass is 9.91. The van der Waals surface area contributed by atoms with Gasteiger partial charge in [0.1, 0.15) is 29.9 Å². The third-order valence-electron chi connectivity index (χ3n) is 11.5. The number of hydrogen-bond donors (Lipinski definition) is 2. The molecule has 5 heterocycles. The summed E-state index contributed by atoms with van der Waals surface area (Å²) in [5.41, 5.74) is 1.94. The second-order valence-electron chi connectivity index (χ2n) is 15.3. The molecule has 2 bridgehead atoms. The monoisotopic (exact) mass is 625 g/mol. The molecule has 1 aromatic heterocycles. The van der Waals surface area contributed by atoms with Crippen LogP contribution in [0.3, 0.4) is 0 Å². The Balaban J connectivity index is 1.19. The fraction of sp³-hybridized carbons (Fsp3) is 0.514. The van der Waals surface area contributed by atoms with Crippen molar-refractivity contribution in [1.29, 1.82) is 0 Å². The lowest BCUT2D eigenvalue weighted by Gasteiger charge is -2.45. The fourth-order valence-electron chi connectivity index (χ4n) is 9.37. The van der Waals surface area contributed by atoms with Gasteiger partial charge in [-0.05, 0) is 105 Å². The Morgan fingerprint density at radius 2 is 1.83 bits per heavy atom. The summed E-state index contributed by atoms with van der Waals surface area (Å²) in [6, 6.07) is 13.4. The van der Waals surface area contributed by atoms with Gasteiger partial charge in [-0.3, -0.25) is 4.90 Å². The maximum atomic E-state index is 17.1. The summed E-state index contributed by atoms with van der Waals surface area (Å²) in [6.07, 6.45) is 5.79. The van der Waals surface area contributed by atoms with Crippen molar-refractivity contribution in [2.24, 2.45) is 0 Å². The number of aromatic hydroxyl groups is 1. The van der Waals surface area contributed by atoms with Crippen molar-refractivity contribution in [3.63, 3.8) is 0 Å². The maximum absolute atomic E-state index is 17.1. The van der Waals surface area contributed by atoms with Gasteiger partial charge < -0.3 is 20.1 Å². The van der Waals surface area contributed by atoms with Crippen molar-refractivity contribution in [2.75, 3.05) is 37.7 Å². The molecule has 7 nitrogen and oxygen atoms in total. The highest BCUT2D eigenvalue weighted by atomic mass is 19.1. The first-order chi connectivity index (χ1) is 22.1. The molecule has 9 heteroatoms. The van der Waals surface area contributed by atoms with E-state index in [1.54, 1.807) is 12.1 Å². The van der Waals surface area contributed by atoms with E-state index in [4.69, 9.17) is 14.7 Å². The number of phenolic OH excluding ortho intramolecular Hbond substituents is 1. The van der Waals surface area contributed by atoms with Crippen molar-refractivity contribution in [3.05, 3.63) is 53.8 Å². The van der Waals surface area contributed by atoms with Crippen LogP contribution in [0.25, 0.3) is 32.8 Å². The van der Waals surface area contributed by atoms with Gasteiger partial charge in [-0.2, -0.15) is 9.97 Å². The van der Waals surface area contributed by atoms with E-state index in [2.05, 4.69) is 35.0 Å². The number of hydrogen-bond acceptors (Lipinski definition) is 7. The summed E-state index contributed by atoms with van der Waals surface area (Å²) < 4.78 is 38.0. The quantitative estimate of drug-likeness (QED) is 0.243. The summed E-state index contributed by atoms with van der Waals surface area (Å²) in [7, 11) is 0. The average Bonchev–Trinajstić information content (AvgIpc) is 3.66. The Kier molecular flexibility index (Phi) is 6.21. The van der Waals surface area contributed by atoms with Gasteiger partial charge in [-0.15, -0.1) is 0 Å². The van der Waals surface area contributed by atoms with Crippen LogP contribution in [0.5, 0.6) is 11.8 Å². The number of anilines is 1. The molecule has 0 amide bonds. The Morgan fingerprint density at radius 1 is 1.02 bits per heavy atom. The molecule has 1 aliphatic carbocycles. The maximum Gasteiger partial charge on any atom is 0.319 e. The zero-order chi connectivity index (χ0) is 31.4. The predicted molar refractivity (Wildman–Crippen MR) is 176 cm³/mol. The minimum atomic E-state index is -0.868. The first-order valence-electron chi connectivity index (χ1n) is 16.9. The molecule has 3 aromatic carbocycles. The van der Waals surface area contributed by atoms with Gasteiger partial charge in [0.05, 0.1) is 5.54 Å². The number of fused-ring (bicyclic) bond motifs is 5. The minimum absolute atomic E-state index is 0.0766. The SMILES string of the molecule is CC12CCC(C)(CN(c3nc(OC[C@@]45CCCN4C[C@H](F)C5)nc4c(F)c(-c5cc(O)cc6cccc(C7CC7)c56)ccc34)C1)N2. The van der Waals surface area contributed by atoms with Crippen LogP contribution in [0, 0.1) is 5.82 Å². The number of phenols is 1. The lowest BCUT2D eigenvalue weighted by Crippen LogP contribution is -2.63. The first kappa shape index (κ1) is 28.6. The van der Waals surface area contributed by atoms with Crippen LogP contribution in [0.2, 0.25) is 0 Å². The molecule has 4 saturated heterocycles. The molecule has 1 saturated carbocycles. The van der Waals surface area contributed by atoms with E-state index in [0.717, 1.165) is 68.9 Å². The Labute approximate surface area is 268 Å². The summed E-state index contributed by atoms with van der Waals surface area (Å²) in [6.45, 7) is 7.54. The van der Waals surface area contributed by atoms with Crippen molar-refractivity contribution >= 4 is 27.5 Å². The summed E-state index contributed by atoms with van der Waals surface area (Å²) >= 11 is 0. The summed E-state index contributed by atoms with van der Waals surface area (Å²) in [5.74, 6) is 0.762. The van der Waals surface area contributed by atoms with Crippen molar-refractivity contribution < 1.29 is 18.6 Å². The van der Waals surface area contributed by atoms with E-state index < -0.39 is 12.0 Å². The van der Waals surface area contributed by atoms with Crippen LogP contribution >= 0.6 is 0 Å². The molecule has 4 aliphatic heterocycles. The molecule has 240 valence electrons. The van der Waals surface area contributed by atoms with Gasteiger partial charge in [0.25, 0.3) is 0 Å². The summed E-state index contributed by atoms with van der Waals surface area (Å²) in [5, 5.41) is 17.1. The fourth-order valence-corrected chi connectivity index (χ4v) is 9.37. The van der Waals surface area contributed by atoms with Crippen LogP contribution in [-0.2, 0) is 0 Å². The number of piperazine rings is 1. The van der Waals surface area contributed by atoms with Gasteiger partial charge in [0.2, 0.25) is 0 Å². The van der Waals surface area contributed by atoms with Crippen LogP contribution in [0.1, 0.15) is 70.3 Å². The Morgan fingerprint density at radius 3 is 2.61 bits per heavy atom. The molecule has 0 spiro atoms. The molecular formula is C37H41F2N5O2. The number of alkyl halides is 1. The third kappa shape index (κ3) is 4.56. The molecule has 0 radical (unpaired) electrons. The largest absolute Gasteiger partial charge is 0.508 e. The lowest BCUT2D eigenvalue weighted by molar-refractivity contribution is 0.107. The van der Waals surface area contributed by atoms with E-state index in [1.165, 1.54) is 5.56 Å². The number of aromatic nitrogens is 2. The normalized spacial score (nSPS) is 30.9. The number of halogens is 2. The number of nitrogens with one attached hydrogen (secondary N) is 1. The van der Waals surface area contributed by atoms with E-state index >= 15 is 4.39 Å². The van der Waals surface area contributed by atoms with E-state index in [9.17, 15) is 9.50 Å². The molecule has 5 aliphatic rings. The number of rotatable bonds is 6. The van der Waals surface area contributed by atoms with Crippen LogP contribution < -0.4 is 15.0 Å². The van der Waals surface area contributed by atoms with Crippen LogP contribution in [-0.4, -0.2) is 75.5 Å². The number of nitrogens with zero attached hydrogens (tertiary/aromatic N) is 4. The highest BCUT2D eigenvalue weighted by Gasteiger charge is 2.50. The molecule has 46 heavy (non-hydrogen) atoms. The summed E-state index contributed by atoms with van der Waals surface area (Å²) in [4.78, 5) is 14.2. The molecule has 2 N–H and O–H groups in total. The molecule has 4 aromatic rings. The third-order valence-corrected chi connectivity index (χ3v) is 11.5. The molecule has 9 rings (SSSR count). The van der Waals surface area contributed by atoms with Gasteiger partial charge >= 0.3 is 6.01 Å². The van der Waals surface area contributed by atoms with Gasteiger partial charge in [-0.1, -0.05) is 24.3 Å². The molecule has 5 fully saturated rings. The predicted octanol–water partition coefficient (Wildman–Crippen LogP) is 6.85. The Hall–Kier alpha value is -3.56. The Bertz CT molecular complexity index is 1880. The second-order valence-corrected chi connectivity index (χ2v) is 15.3. The number of ether oxygens (including phenoxy) is 1. The standard InChI is InChI=1S/C37H41F2N5O2/c1-35-12-13-36(2,42-35)20-43(19-35)33-28-10-9-27(29-16-25(45)15-23-5-3-6-26(30(23)29)22-7-8-22)31(39)32(28)40-34(41-33)46-21-37-11-4-14-44(37)18-24(38)17-37/h3,5-6,9-10,15-16,22,24,42,45H,4,7-8,11-14,17-21H2,1-2H3/t24-,35?,36?,37+/m1/s1. The van der Waals surface area contributed by atoms with Crippen molar-refractivity contribution in [1.82, 2.24) is 20.2 Å². The van der Waals surface area contributed by atoms with Crippen molar-refractivity contribution in [3.8, 4) is 22.9 Å². The molecule has 2 unspecified atom stereocenters. The van der Waals surface area contributed by atoms with E-state index in [0.29, 0.717) is 41.2 Å². The van der Waals surface area contributed by atoms with E-state index in [-0.39, 0.29) is 40.5 Å². The highest BCUT2D eigenvalue weighted by molar-refractivity contribution is 6.03. The second kappa shape index (κ2) is 9.97. The smallest absolute Gasteiger partial charge is 0.319 e. The van der Waals surface area contributed by atoms with Gasteiger partial charge in [-0.25, -0.2) is 8.78 Å². The zero-order valence-electron chi connectivity index (χ0n) is 26.6.